The van der Waals surface area contributed by atoms with Gasteiger partial charge in [-0.2, -0.15) is 0 Å². The third-order valence-electron chi connectivity index (χ3n) is 4.14. The smallest absolute Gasteiger partial charge is 0.335 e. The van der Waals surface area contributed by atoms with Crippen molar-refractivity contribution in [2.24, 2.45) is 5.73 Å². The molecule has 0 saturated carbocycles. The third-order valence-corrected chi connectivity index (χ3v) is 4.14. The van der Waals surface area contributed by atoms with Crippen molar-refractivity contribution >= 4 is 5.97 Å². The van der Waals surface area contributed by atoms with Crippen LogP contribution in [0.5, 0.6) is 0 Å². The summed E-state index contributed by atoms with van der Waals surface area (Å²) < 4.78 is 0. The zero-order valence-corrected chi connectivity index (χ0v) is 13.8. The van der Waals surface area contributed by atoms with Gasteiger partial charge in [-0.1, -0.05) is 64.7 Å². The first-order chi connectivity index (χ1) is 10.1. The molecule has 0 bridgehead atoms. The van der Waals surface area contributed by atoms with Crippen LogP contribution in [0.4, 0.5) is 0 Å². The highest BCUT2D eigenvalue weighted by Gasteiger charge is 2.34. The molecule has 0 fully saturated rings. The number of hydrogen-bond donors (Lipinski definition) is 3. The van der Waals surface area contributed by atoms with Crippen LogP contribution in [0.3, 0.4) is 0 Å². The van der Waals surface area contributed by atoms with E-state index in [1.54, 1.807) is 0 Å². The molecule has 0 rings (SSSR count). The summed E-state index contributed by atoms with van der Waals surface area (Å²) in [6, 6.07) is 0. The number of rotatable bonds is 15. The standard InChI is InChI=1S/C17H35NO3/c1-2-3-4-5-6-7-8-9-10-11-13-17(21,16(19)20)14-12-15-18/h21H,2-15,18H2,1H3,(H,19,20). The van der Waals surface area contributed by atoms with E-state index < -0.39 is 11.6 Å². The lowest BCUT2D eigenvalue weighted by atomic mass is 9.91. The molecular formula is C17H35NO3. The van der Waals surface area contributed by atoms with Crippen LogP contribution in [0.15, 0.2) is 0 Å². The van der Waals surface area contributed by atoms with Crippen LogP contribution in [0.25, 0.3) is 0 Å². The average molecular weight is 301 g/mol. The zero-order valence-electron chi connectivity index (χ0n) is 13.8. The Morgan fingerprint density at radius 3 is 1.71 bits per heavy atom. The van der Waals surface area contributed by atoms with Gasteiger partial charge in [0.05, 0.1) is 0 Å². The van der Waals surface area contributed by atoms with Crippen LogP contribution in [0.1, 0.15) is 90.4 Å². The molecule has 126 valence electrons. The maximum Gasteiger partial charge on any atom is 0.335 e. The maximum absolute atomic E-state index is 11.1. The molecule has 0 aliphatic heterocycles. The molecule has 0 aromatic rings. The molecule has 0 heterocycles. The molecule has 0 aromatic heterocycles. The van der Waals surface area contributed by atoms with Gasteiger partial charge < -0.3 is 15.9 Å². The Bertz CT molecular complexity index is 258. The Labute approximate surface area is 130 Å². The summed E-state index contributed by atoms with van der Waals surface area (Å²) in [6.07, 6.45) is 13.2. The Morgan fingerprint density at radius 2 is 1.29 bits per heavy atom. The second-order valence-corrected chi connectivity index (χ2v) is 6.16. The highest BCUT2D eigenvalue weighted by Crippen LogP contribution is 2.22. The lowest BCUT2D eigenvalue weighted by Crippen LogP contribution is -2.38. The van der Waals surface area contributed by atoms with E-state index in [1.165, 1.54) is 44.9 Å². The molecule has 4 nitrogen and oxygen atoms in total. The second kappa shape index (κ2) is 13.1. The van der Waals surface area contributed by atoms with E-state index >= 15 is 0 Å². The number of carboxylic acids is 1. The number of hydrogen-bond acceptors (Lipinski definition) is 3. The van der Waals surface area contributed by atoms with Gasteiger partial charge in [0, 0.05) is 0 Å². The largest absolute Gasteiger partial charge is 0.479 e. The van der Waals surface area contributed by atoms with Gasteiger partial charge in [0.15, 0.2) is 5.60 Å². The summed E-state index contributed by atoms with van der Waals surface area (Å²) >= 11 is 0. The van der Waals surface area contributed by atoms with Crippen molar-refractivity contribution in [2.45, 2.75) is 96.0 Å². The molecule has 0 spiro atoms. The van der Waals surface area contributed by atoms with Crippen molar-refractivity contribution in [1.82, 2.24) is 0 Å². The summed E-state index contributed by atoms with van der Waals surface area (Å²) in [5, 5.41) is 19.2. The highest BCUT2D eigenvalue weighted by molar-refractivity contribution is 5.76. The van der Waals surface area contributed by atoms with Gasteiger partial charge in [-0.05, 0) is 32.2 Å². The van der Waals surface area contributed by atoms with Crippen LogP contribution in [0.2, 0.25) is 0 Å². The van der Waals surface area contributed by atoms with Crippen molar-refractivity contribution < 1.29 is 15.0 Å². The van der Waals surface area contributed by atoms with Gasteiger partial charge in [-0.3, -0.25) is 0 Å². The van der Waals surface area contributed by atoms with Crippen LogP contribution in [-0.4, -0.2) is 28.3 Å². The van der Waals surface area contributed by atoms with Crippen molar-refractivity contribution in [1.29, 1.82) is 0 Å². The summed E-state index contributed by atoms with van der Waals surface area (Å²) in [6.45, 7) is 2.65. The molecule has 4 heteroatoms. The first-order valence-corrected chi connectivity index (χ1v) is 8.72. The molecule has 1 unspecified atom stereocenters. The molecule has 0 aliphatic carbocycles. The minimum Gasteiger partial charge on any atom is -0.479 e. The van der Waals surface area contributed by atoms with Gasteiger partial charge in [0.2, 0.25) is 0 Å². The first-order valence-electron chi connectivity index (χ1n) is 8.72. The lowest BCUT2D eigenvalue weighted by Gasteiger charge is -2.23. The highest BCUT2D eigenvalue weighted by atomic mass is 16.4. The molecule has 0 aliphatic rings. The Morgan fingerprint density at radius 1 is 0.857 bits per heavy atom. The Balaban J connectivity index is 3.56. The Hall–Kier alpha value is -0.610. The normalized spacial score (nSPS) is 14.0. The summed E-state index contributed by atoms with van der Waals surface area (Å²) in [5.41, 5.74) is 3.82. The predicted molar refractivity (Wildman–Crippen MR) is 87.3 cm³/mol. The molecule has 0 saturated heterocycles. The fourth-order valence-corrected chi connectivity index (χ4v) is 2.64. The van der Waals surface area contributed by atoms with Gasteiger partial charge >= 0.3 is 5.97 Å². The number of carboxylic acid groups (broad SMARTS) is 1. The monoisotopic (exact) mass is 301 g/mol. The number of aliphatic carboxylic acids is 1. The van der Waals surface area contributed by atoms with Crippen molar-refractivity contribution in [2.75, 3.05) is 6.54 Å². The van der Waals surface area contributed by atoms with Crippen molar-refractivity contribution in [3.05, 3.63) is 0 Å². The first kappa shape index (κ1) is 20.4. The van der Waals surface area contributed by atoms with Crippen molar-refractivity contribution in [3.63, 3.8) is 0 Å². The Kier molecular flexibility index (Phi) is 12.7. The van der Waals surface area contributed by atoms with E-state index in [2.05, 4.69) is 6.92 Å². The maximum atomic E-state index is 11.1. The second-order valence-electron chi connectivity index (χ2n) is 6.16. The number of unbranched alkanes of at least 4 members (excludes halogenated alkanes) is 9. The fourth-order valence-electron chi connectivity index (χ4n) is 2.64. The van der Waals surface area contributed by atoms with Crippen LogP contribution in [-0.2, 0) is 4.79 Å². The van der Waals surface area contributed by atoms with Crippen LogP contribution >= 0.6 is 0 Å². The van der Waals surface area contributed by atoms with Gasteiger partial charge in [-0.15, -0.1) is 0 Å². The van der Waals surface area contributed by atoms with E-state index in [0.717, 1.165) is 19.3 Å². The topological polar surface area (TPSA) is 83.5 Å². The molecule has 21 heavy (non-hydrogen) atoms. The molecular weight excluding hydrogens is 266 g/mol. The lowest BCUT2D eigenvalue weighted by molar-refractivity contribution is -0.160. The van der Waals surface area contributed by atoms with E-state index in [-0.39, 0.29) is 6.42 Å². The van der Waals surface area contributed by atoms with Crippen molar-refractivity contribution in [3.8, 4) is 0 Å². The minimum absolute atomic E-state index is 0.260. The number of carbonyl (C=O) groups is 1. The van der Waals surface area contributed by atoms with Gasteiger partial charge in [0.1, 0.15) is 0 Å². The SMILES string of the molecule is CCCCCCCCCCCCC(O)(CCCN)C(=O)O. The molecule has 4 N–H and O–H groups in total. The molecule has 0 radical (unpaired) electrons. The minimum atomic E-state index is -1.57. The fraction of sp³-hybridized carbons (Fsp3) is 0.941. The average Bonchev–Trinajstić information content (AvgIpc) is 2.47. The van der Waals surface area contributed by atoms with E-state index in [9.17, 15) is 9.90 Å². The molecule has 0 amide bonds. The van der Waals surface area contributed by atoms with Gasteiger partial charge in [-0.25, -0.2) is 4.79 Å². The van der Waals surface area contributed by atoms with E-state index in [0.29, 0.717) is 19.4 Å². The zero-order chi connectivity index (χ0) is 16.0. The quantitative estimate of drug-likeness (QED) is 0.401. The molecule has 1 atom stereocenters. The summed E-state index contributed by atoms with van der Waals surface area (Å²) in [7, 11) is 0. The van der Waals surface area contributed by atoms with Crippen LogP contribution in [0, 0.1) is 0 Å². The number of aliphatic hydroxyl groups is 1. The third kappa shape index (κ3) is 10.7. The summed E-state index contributed by atoms with van der Waals surface area (Å²) in [4.78, 5) is 11.1. The van der Waals surface area contributed by atoms with E-state index in [1.807, 2.05) is 0 Å². The van der Waals surface area contributed by atoms with Gasteiger partial charge in [0.25, 0.3) is 0 Å². The number of nitrogens with two attached hydrogens (primary N) is 1. The summed E-state index contributed by atoms with van der Waals surface area (Å²) in [5.74, 6) is -1.10. The molecule has 0 aromatic carbocycles. The van der Waals surface area contributed by atoms with E-state index in [4.69, 9.17) is 10.8 Å². The van der Waals surface area contributed by atoms with Crippen LogP contribution < -0.4 is 5.73 Å². The predicted octanol–water partition coefficient (Wildman–Crippen LogP) is 3.85.